The number of anilines is 1. The molecule has 112 valence electrons. The van der Waals surface area contributed by atoms with Gasteiger partial charge in [0.05, 0.1) is 25.0 Å². The number of hydrogen-bond acceptors (Lipinski definition) is 6. The smallest absolute Gasteiger partial charge is 0.340 e. The van der Waals surface area contributed by atoms with E-state index in [0.717, 1.165) is 16.2 Å². The summed E-state index contributed by atoms with van der Waals surface area (Å²) < 4.78 is 9.92. The highest BCUT2D eigenvalue weighted by molar-refractivity contribution is 7.99. The van der Waals surface area contributed by atoms with E-state index in [-0.39, 0.29) is 5.25 Å². The summed E-state index contributed by atoms with van der Waals surface area (Å²) in [5, 5.41) is 0.617. The van der Waals surface area contributed by atoms with Gasteiger partial charge in [-0.15, -0.1) is 11.3 Å². The molecule has 0 fully saturated rings. The maximum Gasteiger partial charge on any atom is 0.340 e. The van der Waals surface area contributed by atoms with Gasteiger partial charge in [-0.1, -0.05) is 12.1 Å². The number of nitrogens with two attached hydrogens (primary N) is 1. The highest BCUT2D eigenvalue weighted by Crippen LogP contribution is 2.40. The van der Waals surface area contributed by atoms with Gasteiger partial charge in [-0.05, 0) is 30.0 Å². The van der Waals surface area contributed by atoms with Gasteiger partial charge in [0, 0.05) is 4.88 Å². The SMILES string of the molecule is COC(=O)c1cc(C(SC)c2ccc(OC)cc2)sc1N. The zero-order valence-corrected chi connectivity index (χ0v) is 13.7. The second-order valence-corrected chi connectivity index (χ2v) is 6.37. The van der Waals surface area contributed by atoms with E-state index in [1.807, 2.05) is 36.6 Å². The number of rotatable bonds is 5. The Labute approximate surface area is 132 Å². The Morgan fingerprint density at radius 2 is 1.95 bits per heavy atom. The van der Waals surface area contributed by atoms with Crippen molar-refractivity contribution in [2.45, 2.75) is 5.25 Å². The normalized spacial score (nSPS) is 12.0. The number of benzene rings is 1. The molecule has 1 atom stereocenters. The van der Waals surface area contributed by atoms with Crippen LogP contribution in [-0.2, 0) is 4.74 Å². The second-order valence-electron chi connectivity index (χ2n) is 4.31. The molecule has 0 aliphatic carbocycles. The van der Waals surface area contributed by atoms with E-state index in [0.29, 0.717) is 10.6 Å². The predicted octanol–water partition coefficient (Wildman–Crippen LogP) is 3.58. The molecule has 2 rings (SSSR count). The van der Waals surface area contributed by atoms with E-state index < -0.39 is 5.97 Å². The van der Waals surface area contributed by atoms with E-state index >= 15 is 0 Å². The number of hydrogen-bond donors (Lipinski definition) is 1. The fourth-order valence-corrected chi connectivity index (χ4v) is 4.11. The summed E-state index contributed by atoms with van der Waals surface area (Å²) in [6.45, 7) is 0. The lowest BCUT2D eigenvalue weighted by atomic mass is 10.1. The van der Waals surface area contributed by atoms with E-state index in [9.17, 15) is 4.79 Å². The third-order valence-electron chi connectivity index (χ3n) is 3.10. The summed E-state index contributed by atoms with van der Waals surface area (Å²) in [6.07, 6.45) is 2.03. The molecule has 0 saturated carbocycles. The van der Waals surface area contributed by atoms with Gasteiger partial charge < -0.3 is 15.2 Å². The van der Waals surface area contributed by atoms with Crippen LogP contribution in [0.5, 0.6) is 5.75 Å². The average molecular weight is 323 g/mol. The molecular weight excluding hydrogens is 306 g/mol. The van der Waals surface area contributed by atoms with E-state index in [1.165, 1.54) is 18.4 Å². The number of methoxy groups -OCH3 is 2. The quantitative estimate of drug-likeness (QED) is 0.852. The molecule has 21 heavy (non-hydrogen) atoms. The Hall–Kier alpha value is -1.66. The van der Waals surface area contributed by atoms with Crippen LogP contribution in [0.3, 0.4) is 0 Å². The first-order valence-electron chi connectivity index (χ1n) is 6.25. The van der Waals surface area contributed by atoms with Gasteiger partial charge in [0.1, 0.15) is 10.8 Å². The number of carbonyl (C=O) groups excluding carboxylic acids is 1. The summed E-state index contributed by atoms with van der Waals surface area (Å²) in [5.74, 6) is 0.420. The Balaban J connectivity index is 2.34. The van der Waals surface area contributed by atoms with Crippen molar-refractivity contribution in [2.24, 2.45) is 0 Å². The van der Waals surface area contributed by atoms with Gasteiger partial charge in [0.2, 0.25) is 0 Å². The molecule has 6 heteroatoms. The molecule has 4 nitrogen and oxygen atoms in total. The van der Waals surface area contributed by atoms with Crippen LogP contribution in [0.1, 0.15) is 26.0 Å². The molecule has 1 aromatic heterocycles. The number of carbonyl (C=O) groups is 1. The third kappa shape index (κ3) is 3.33. The van der Waals surface area contributed by atoms with Crippen LogP contribution < -0.4 is 10.5 Å². The van der Waals surface area contributed by atoms with Gasteiger partial charge in [0.25, 0.3) is 0 Å². The van der Waals surface area contributed by atoms with Crippen molar-refractivity contribution in [1.82, 2.24) is 0 Å². The average Bonchev–Trinajstić information content (AvgIpc) is 2.89. The van der Waals surface area contributed by atoms with Crippen LogP contribution in [0.4, 0.5) is 5.00 Å². The first kappa shape index (κ1) is 15.7. The van der Waals surface area contributed by atoms with Crippen molar-refractivity contribution in [3.63, 3.8) is 0 Å². The fraction of sp³-hybridized carbons (Fsp3) is 0.267. The minimum Gasteiger partial charge on any atom is -0.497 e. The third-order valence-corrected chi connectivity index (χ3v) is 5.27. The van der Waals surface area contributed by atoms with Crippen molar-refractivity contribution < 1.29 is 14.3 Å². The molecule has 0 radical (unpaired) electrons. The molecule has 1 aromatic carbocycles. The minimum atomic E-state index is -0.399. The van der Waals surface area contributed by atoms with Gasteiger partial charge in [-0.3, -0.25) is 0 Å². The highest BCUT2D eigenvalue weighted by atomic mass is 32.2. The first-order valence-corrected chi connectivity index (χ1v) is 8.35. The Morgan fingerprint density at radius 1 is 1.29 bits per heavy atom. The summed E-state index contributed by atoms with van der Waals surface area (Å²) >= 11 is 3.11. The zero-order chi connectivity index (χ0) is 15.4. The summed E-state index contributed by atoms with van der Waals surface area (Å²) in [5.41, 5.74) is 7.50. The van der Waals surface area contributed by atoms with Crippen molar-refractivity contribution >= 4 is 34.1 Å². The zero-order valence-electron chi connectivity index (χ0n) is 12.1. The summed E-state index contributed by atoms with van der Waals surface area (Å²) in [6, 6.07) is 9.71. The molecule has 2 N–H and O–H groups in total. The van der Waals surface area contributed by atoms with Crippen LogP contribution in [0.2, 0.25) is 0 Å². The predicted molar refractivity (Wildman–Crippen MR) is 88.4 cm³/mol. The standard InChI is InChI=1S/C15H17NO3S2/c1-18-10-6-4-9(5-7-10)13(20-3)12-8-11(14(16)21-12)15(17)19-2/h4-8,13H,16H2,1-3H3. The van der Waals surface area contributed by atoms with Crippen LogP contribution in [0.25, 0.3) is 0 Å². The van der Waals surface area contributed by atoms with Crippen molar-refractivity contribution in [3.05, 3.63) is 46.3 Å². The van der Waals surface area contributed by atoms with Gasteiger partial charge in [0.15, 0.2) is 0 Å². The first-order chi connectivity index (χ1) is 10.1. The molecule has 0 bridgehead atoms. The lowest BCUT2D eigenvalue weighted by Crippen LogP contribution is -2.02. The summed E-state index contributed by atoms with van der Waals surface area (Å²) in [4.78, 5) is 12.7. The monoisotopic (exact) mass is 323 g/mol. The molecule has 0 amide bonds. The van der Waals surface area contributed by atoms with Crippen LogP contribution in [0, 0.1) is 0 Å². The molecule has 0 aliphatic heterocycles. The molecule has 1 heterocycles. The van der Waals surface area contributed by atoms with Gasteiger partial charge in [-0.25, -0.2) is 4.79 Å². The molecule has 2 aromatic rings. The van der Waals surface area contributed by atoms with Crippen LogP contribution in [-0.4, -0.2) is 26.4 Å². The second kappa shape index (κ2) is 6.87. The molecular formula is C15H17NO3S2. The molecule has 0 spiro atoms. The van der Waals surface area contributed by atoms with Gasteiger partial charge in [-0.2, -0.15) is 11.8 Å². The molecule has 1 unspecified atom stereocenters. The Kier molecular flexibility index (Phi) is 5.14. The number of ether oxygens (including phenoxy) is 2. The largest absolute Gasteiger partial charge is 0.497 e. The number of nitrogen functional groups attached to an aromatic ring is 1. The van der Waals surface area contributed by atoms with E-state index in [1.54, 1.807) is 18.9 Å². The maximum absolute atomic E-state index is 11.7. The van der Waals surface area contributed by atoms with Crippen LogP contribution >= 0.6 is 23.1 Å². The van der Waals surface area contributed by atoms with Crippen molar-refractivity contribution in [1.29, 1.82) is 0 Å². The lowest BCUT2D eigenvalue weighted by molar-refractivity contribution is 0.0602. The lowest BCUT2D eigenvalue weighted by Gasteiger charge is -2.13. The fourth-order valence-electron chi connectivity index (χ4n) is 2.02. The van der Waals surface area contributed by atoms with E-state index in [2.05, 4.69) is 0 Å². The van der Waals surface area contributed by atoms with Crippen LogP contribution in [0.15, 0.2) is 30.3 Å². The van der Waals surface area contributed by atoms with Crippen molar-refractivity contribution in [3.8, 4) is 5.75 Å². The van der Waals surface area contributed by atoms with Crippen molar-refractivity contribution in [2.75, 3.05) is 26.2 Å². The number of thiophene rings is 1. The highest BCUT2D eigenvalue weighted by Gasteiger charge is 2.21. The molecule has 0 saturated heterocycles. The summed E-state index contributed by atoms with van der Waals surface area (Å²) in [7, 11) is 3.00. The van der Waals surface area contributed by atoms with E-state index in [4.69, 9.17) is 15.2 Å². The Bertz CT molecular complexity index is 622. The van der Waals surface area contributed by atoms with Gasteiger partial charge >= 0.3 is 5.97 Å². The number of esters is 1. The minimum absolute atomic E-state index is 0.126. The molecule has 0 aliphatic rings. The topological polar surface area (TPSA) is 61.5 Å². The Morgan fingerprint density at radius 3 is 2.48 bits per heavy atom. The number of thioether (sulfide) groups is 1. The maximum atomic E-state index is 11.7.